The number of rotatable bonds is 4. The second kappa shape index (κ2) is 5.34. The van der Waals surface area contributed by atoms with Crippen LogP contribution < -0.4 is 0 Å². The van der Waals surface area contributed by atoms with Crippen LogP contribution in [0, 0.1) is 0 Å². The quantitative estimate of drug-likeness (QED) is 0.823. The molecule has 84 valence electrons. The maximum Gasteiger partial charge on any atom is 0.176 e. The molecule has 0 saturated carbocycles. The minimum atomic E-state index is -0.146. The van der Waals surface area contributed by atoms with E-state index in [2.05, 4.69) is 15.2 Å². The number of aliphatic hydroxyl groups excluding tert-OH is 1. The van der Waals surface area contributed by atoms with Crippen molar-refractivity contribution in [1.82, 2.24) is 15.2 Å². The Hall–Kier alpha value is -1.04. The first-order chi connectivity index (χ1) is 7.79. The van der Waals surface area contributed by atoms with Gasteiger partial charge in [0.1, 0.15) is 12.4 Å². The van der Waals surface area contributed by atoms with Crippen LogP contribution >= 0.6 is 23.4 Å². The van der Waals surface area contributed by atoms with Crippen LogP contribution in [0.15, 0.2) is 29.2 Å². The Balaban J connectivity index is 1.99. The molecule has 1 aromatic carbocycles. The molecule has 1 aromatic heterocycles. The fourth-order valence-corrected chi connectivity index (χ4v) is 2.28. The lowest BCUT2D eigenvalue weighted by Gasteiger charge is -2.00. The molecule has 0 aliphatic carbocycles. The molecule has 0 atom stereocenters. The van der Waals surface area contributed by atoms with Gasteiger partial charge in [0.25, 0.3) is 0 Å². The van der Waals surface area contributed by atoms with Crippen molar-refractivity contribution in [3.8, 4) is 0 Å². The summed E-state index contributed by atoms with van der Waals surface area (Å²) in [5, 5.41) is 16.1. The largest absolute Gasteiger partial charge is 0.388 e. The Morgan fingerprint density at radius 3 is 2.88 bits per heavy atom. The highest BCUT2D eigenvalue weighted by Crippen LogP contribution is 2.28. The molecule has 0 radical (unpaired) electrons. The van der Waals surface area contributed by atoms with Gasteiger partial charge in [-0.3, -0.25) is 5.10 Å². The van der Waals surface area contributed by atoms with Gasteiger partial charge >= 0.3 is 0 Å². The summed E-state index contributed by atoms with van der Waals surface area (Å²) in [7, 11) is 0. The third-order valence-corrected chi connectivity index (χ3v) is 3.45. The molecule has 2 aromatic rings. The number of halogens is 1. The maximum absolute atomic E-state index is 8.81. The smallest absolute Gasteiger partial charge is 0.176 e. The molecule has 16 heavy (non-hydrogen) atoms. The summed E-state index contributed by atoms with van der Waals surface area (Å²) in [6.07, 6.45) is 0. The van der Waals surface area contributed by atoms with Crippen molar-refractivity contribution in [2.75, 3.05) is 0 Å². The predicted molar refractivity (Wildman–Crippen MR) is 63.3 cm³/mol. The third-order valence-electron chi connectivity index (χ3n) is 1.92. The molecule has 2 rings (SSSR count). The van der Waals surface area contributed by atoms with Gasteiger partial charge in [0, 0.05) is 4.90 Å². The van der Waals surface area contributed by atoms with Crippen LogP contribution in [0.1, 0.15) is 11.6 Å². The van der Waals surface area contributed by atoms with E-state index in [1.54, 1.807) is 11.8 Å². The number of hydrogen-bond donors (Lipinski definition) is 2. The first-order valence-corrected chi connectivity index (χ1v) is 6.04. The minimum Gasteiger partial charge on any atom is -0.388 e. The summed E-state index contributed by atoms with van der Waals surface area (Å²) in [5.74, 6) is 1.79. The maximum atomic E-state index is 8.81. The lowest BCUT2D eigenvalue weighted by molar-refractivity contribution is 0.272. The van der Waals surface area contributed by atoms with Crippen molar-refractivity contribution in [1.29, 1.82) is 0 Å². The highest BCUT2D eigenvalue weighted by atomic mass is 35.5. The van der Waals surface area contributed by atoms with E-state index in [1.165, 1.54) is 0 Å². The lowest BCUT2D eigenvalue weighted by atomic mass is 10.4. The third kappa shape index (κ3) is 2.75. The molecule has 0 fully saturated rings. The Bertz CT molecular complexity index is 475. The molecule has 1 heterocycles. The second-order valence-corrected chi connectivity index (χ2v) is 4.50. The summed E-state index contributed by atoms with van der Waals surface area (Å²) >= 11 is 7.59. The second-order valence-electron chi connectivity index (χ2n) is 3.08. The van der Waals surface area contributed by atoms with Gasteiger partial charge in [0.05, 0.1) is 10.8 Å². The first kappa shape index (κ1) is 11.4. The number of aromatic amines is 1. The zero-order chi connectivity index (χ0) is 11.4. The van der Waals surface area contributed by atoms with Crippen LogP contribution in [0.2, 0.25) is 5.02 Å². The minimum absolute atomic E-state index is 0.146. The number of aliphatic hydroxyl groups is 1. The summed E-state index contributed by atoms with van der Waals surface area (Å²) in [4.78, 5) is 5.10. The monoisotopic (exact) mass is 255 g/mol. The Morgan fingerprint density at radius 1 is 1.38 bits per heavy atom. The summed E-state index contributed by atoms with van der Waals surface area (Å²) in [6, 6.07) is 7.64. The highest BCUT2D eigenvalue weighted by Gasteiger charge is 2.04. The highest BCUT2D eigenvalue weighted by molar-refractivity contribution is 7.98. The summed E-state index contributed by atoms with van der Waals surface area (Å²) < 4.78 is 0. The summed E-state index contributed by atoms with van der Waals surface area (Å²) in [5.41, 5.74) is 0. The van der Waals surface area contributed by atoms with E-state index in [0.29, 0.717) is 11.6 Å². The van der Waals surface area contributed by atoms with Gasteiger partial charge in [0.2, 0.25) is 0 Å². The lowest BCUT2D eigenvalue weighted by Crippen LogP contribution is -1.86. The van der Waals surface area contributed by atoms with Crippen LogP contribution in [-0.4, -0.2) is 20.3 Å². The average molecular weight is 256 g/mol. The molecule has 0 aliphatic heterocycles. The Morgan fingerprint density at radius 2 is 2.19 bits per heavy atom. The molecule has 0 saturated heterocycles. The van der Waals surface area contributed by atoms with Crippen LogP contribution in [0.25, 0.3) is 0 Å². The number of nitrogens with one attached hydrogen (secondary N) is 1. The molecule has 0 aliphatic rings. The van der Waals surface area contributed by atoms with Crippen molar-refractivity contribution in [2.45, 2.75) is 17.3 Å². The van der Waals surface area contributed by atoms with Gasteiger partial charge in [-0.05, 0) is 12.1 Å². The first-order valence-electron chi connectivity index (χ1n) is 4.68. The molecule has 0 amide bonds. The Labute approximate surface area is 102 Å². The van der Waals surface area contributed by atoms with Crippen molar-refractivity contribution in [3.63, 3.8) is 0 Å². The fourth-order valence-electron chi connectivity index (χ4n) is 1.18. The van der Waals surface area contributed by atoms with Gasteiger partial charge in [-0.15, -0.1) is 11.8 Å². The van der Waals surface area contributed by atoms with E-state index in [0.717, 1.165) is 15.7 Å². The number of nitrogens with zero attached hydrogens (tertiary/aromatic N) is 2. The summed E-state index contributed by atoms with van der Waals surface area (Å²) in [6.45, 7) is -0.146. The van der Waals surface area contributed by atoms with Gasteiger partial charge in [-0.2, -0.15) is 5.10 Å². The standard InChI is InChI=1S/C10H10ClN3OS/c11-7-3-1-2-4-8(7)16-6-10-12-9(5-15)13-14-10/h1-4,15H,5-6H2,(H,12,13,14). The van der Waals surface area contributed by atoms with Gasteiger partial charge in [-0.1, -0.05) is 23.7 Å². The normalized spacial score (nSPS) is 10.6. The average Bonchev–Trinajstić information content (AvgIpc) is 2.76. The molecular formula is C10H10ClN3OS. The van der Waals surface area contributed by atoms with E-state index in [1.807, 2.05) is 24.3 Å². The van der Waals surface area contributed by atoms with Crippen LogP contribution in [0.4, 0.5) is 0 Å². The number of H-pyrrole nitrogens is 1. The molecule has 0 bridgehead atoms. The van der Waals surface area contributed by atoms with Crippen molar-refractivity contribution in [2.24, 2.45) is 0 Å². The zero-order valence-electron chi connectivity index (χ0n) is 8.35. The van der Waals surface area contributed by atoms with E-state index in [4.69, 9.17) is 16.7 Å². The van der Waals surface area contributed by atoms with E-state index >= 15 is 0 Å². The number of hydrogen-bond acceptors (Lipinski definition) is 4. The van der Waals surface area contributed by atoms with E-state index < -0.39 is 0 Å². The predicted octanol–water partition coefficient (Wildman–Crippen LogP) is 2.24. The molecule has 6 heteroatoms. The van der Waals surface area contributed by atoms with E-state index in [-0.39, 0.29) is 6.61 Å². The number of benzene rings is 1. The van der Waals surface area contributed by atoms with Crippen LogP contribution in [-0.2, 0) is 12.4 Å². The zero-order valence-corrected chi connectivity index (χ0v) is 9.92. The van der Waals surface area contributed by atoms with Crippen LogP contribution in [0.5, 0.6) is 0 Å². The molecule has 0 spiro atoms. The molecular weight excluding hydrogens is 246 g/mol. The topological polar surface area (TPSA) is 61.8 Å². The van der Waals surface area contributed by atoms with Gasteiger partial charge < -0.3 is 5.11 Å². The molecule has 4 nitrogen and oxygen atoms in total. The number of thioether (sulfide) groups is 1. The number of aromatic nitrogens is 3. The van der Waals surface area contributed by atoms with Crippen molar-refractivity contribution < 1.29 is 5.11 Å². The van der Waals surface area contributed by atoms with Crippen LogP contribution in [0.3, 0.4) is 0 Å². The molecule has 2 N–H and O–H groups in total. The molecule has 0 unspecified atom stereocenters. The SMILES string of the molecule is OCc1n[nH]c(CSc2ccccc2Cl)n1. The van der Waals surface area contributed by atoms with Crippen molar-refractivity contribution >= 4 is 23.4 Å². The van der Waals surface area contributed by atoms with Gasteiger partial charge in [-0.25, -0.2) is 4.98 Å². The Kier molecular flexibility index (Phi) is 3.82. The van der Waals surface area contributed by atoms with Crippen molar-refractivity contribution in [3.05, 3.63) is 40.9 Å². The fraction of sp³-hybridized carbons (Fsp3) is 0.200. The van der Waals surface area contributed by atoms with E-state index in [9.17, 15) is 0 Å². The van der Waals surface area contributed by atoms with Gasteiger partial charge in [0.15, 0.2) is 5.82 Å².